The zero-order valence-corrected chi connectivity index (χ0v) is 18.9. The number of halogens is 1. The molecule has 0 spiro atoms. The standard InChI is InChI=1S/C29H23FN2O3/c30-23-13-11-19(12-14-23)18-7-9-21(10-8-18)26-27(25-6-2-4-20-3-1-5-24(20)25)35-29(31-26)32-16-15-22(17-32)28(33)34/h1-2,4-14,22H,3,15-17H2,(H,33,34). The number of allylic oxidation sites excluding steroid dienone is 1. The van der Waals surface area contributed by atoms with Gasteiger partial charge in [-0.2, -0.15) is 4.98 Å². The molecule has 0 radical (unpaired) electrons. The molecule has 1 aliphatic heterocycles. The number of nitrogens with zero attached hydrogens (tertiary/aromatic N) is 2. The van der Waals surface area contributed by atoms with Crippen molar-refractivity contribution >= 4 is 18.1 Å². The summed E-state index contributed by atoms with van der Waals surface area (Å²) in [6.45, 7) is 0.970. The number of fused-ring (bicyclic) bond motifs is 1. The van der Waals surface area contributed by atoms with Crippen LogP contribution in [0.3, 0.4) is 0 Å². The van der Waals surface area contributed by atoms with Gasteiger partial charge in [0.25, 0.3) is 6.01 Å². The van der Waals surface area contributed by atoms with Crippen molar-refractivity contribution in [3.8, 4) is 33.7 Å². The van der Waals surface area contributed by atoms with Crippen molar-refractivity contribution in [2.45, 2.75) is 12.8 Å². The summed E-state index contributed by atoms with van der Waals surface area (Å²) < 4.78 is 19.7. The molecule has 4 aromatic rings. The highest BCUT2D eigenvalue weighted by Crippen LogP contribution is 2.41. The number of aromatic nitrogens is 1. The molecule has 2 heterocycles. The predicted octanol–water partition coefficient (Wildman–Crippen LogP) is 6.29. The van der Waals surface area contributed by atoms with Crippen LogP contribution in [0.1, 0.15) is 17.5 Å². The molecule has 1 atom stereocenters. The lowest BCUT2D eigenvalue weighted by atomic mass is 9.97. The smallest absolute Gasteiger partial charge is 0.308 e. The van der Waals surface area contributed by atoms with E-state index in [2.05, 4.69) is 18.2 Å². The van der Waals surface area contributed by atoms with E-state index < -0.39 is 11.9 Å². The first-order chi connectivity index (χ1) is 17.1. The predicted molar refractivity (Wildman–Crippen MR) is 133 cm³/mol. The second kappa shape index (κ2) is 8.55. The van der Waals surface area contributed by atoms with Crippen LogP contribution >= 0.6 is 0 Å². The minimum atomic E-state index is -0.790. The molecule has 1 fully saturated rings. The number of aliphatic carboxylic acids is 1. The Balaban J connectivity index is 1.42. The fraction of sp³-hybridized carbons (Fsp3) is 0.172. The molecule has 5 nitrogen and oxygen atoms in total. The molecule has 2 aliphatic rings. The van der Waals surface area contributed by atoms with Crippen LogP contribution in [0, 0.1) is 11.7 Å². The number of anilines is 1. The van der Waals surface area contributed by atoms with Gasteiger partial charge in [-0.15, -0.1) is 0 Å². The van der Waals surface area contributed by atoms with E-state index in [0.717, 1.165) is 39.9 Å². The molecule has 35 heavy (non-hydrogen) atoms. The number of carboxylic acids is 1. The molecule has 1 aliphatic carbocycles. The van der Waals surface area contributed by atoms with Gasteiger partial charge in [-0.05, 0) is 47.2 Å². The highest BCUT2D eigenvalue weighted by atomic mass is 19.1. The molecule has 174 valence electrons. The zero-order chi connectivity index (χ0) is 23.9. The summed E-state index contributed by atoms with van der Waals surface area (Å²) in [4.78, 5) is 18.3. The molecule has 1 unspecified atom stereocenters. The van der Waals surface area contributed by atoms with Crippen LogP contribution < -0.4 is 4.90 Å². The number of rotatable bonds is 5. The van der Waals surface area contributed by atoms with Crippen LogP contribution in [0.25, 0.3) is 39.8 Å². The number of oxazole rings is 1. The van der Waals surface area contributed by atoms with Gasteiger partial charge in [0.2, 0.25) is 0 Å². The van der Waals surface area contributed by atoms with Gasteiger partial charge in [0.05, 0.1) is 5.92 Å². The average Bonchev–Trinajstić information content (AvgIpc) is 3.63. The SMILES string of the molecule is O=C(O)C1CCN(c2nc(-c3ccc(-c4ccc(F)cc4)cc3)c(-c3cccc4c3C=CC4)o2)C1. The molecule has 0 saturated carbocycles. The molecule has 1 saturated heterocycles. The Bertz CT molecular complexity index is 1440. The third-order valence-electron chi connectivity index (χ3n) is 6.82. The second-order valence-electron chi connectivity index (χ2n) is 9.01. The van der Waals surface area contributed by atoms with E-state index in [9.17, 15) is 14.3 Å². The average molecular weight is 467 g/mol. The van der Waals surface area contributed by atoms with Gasteiger partial charge in [0, 0.05) is 24.2 Å². The Morgan fingerprint density at radius 3 is 2.43 bits per heavy atom. The van der Waals surface area contributed by atoms with Gasteiger partial charge in [-0.3, -0.25) is 4.79 Å². The summed E-state index contributed by atoms with van der Waals surface area (Å²) in [5.74, 6) is -0.798. The summed E-state index contributed by atoms with van der Waals surface area (Å²) in [6, 6.07) is 21.0. The van der Waals surface area contributed by atoms with E-state index >= 15 is 0 Å². The largest absolute Gasteiger partial charge is 0.481 e. The lowest BCUT2D eigenvalue weighted by molar-refractivity contribution is -0.140. The number of hydrogen-bond donors (Lipinski definition) is 1. The monoisotopic (exact) mass is 466 g/mol. The van der Waals surface area contributed by atoms with Gasteiger partial charge in [0.1, 0.15) is 11.5 Å². The van der Waals surface area contributed by atoms with Crippen molar-refractivity contribution in [3.05, 3.63) is 89.8 Å². The van der Waals surface area contributed by atoms with E-state index in [1.54, 1.807) is 12.1 Å². The van der Waals surface area contributed by atoms with Gasteiger partial charge in [-0.25, -0.2) is 4.39 Å². The minimum Gasteiger partial charge on any atom is -0.481 e. The van der Waals surface area contributed by atoms with Gasteiger partial charge in [-0.1, -0.05) is 66.7 Å². The van der Waals surface area contributed by atoms with Crippen molar-refractivity contribution in [1.82, 2.24) is 4.98 Å². The first-order valence-electron chi connectivity index (χ1n) is 11.7. The highest BCUT2D eigenvalue weighted by molar-refractivity contribution is 5.86. The summed E-state index contributed by atoms with van der Waals surface area (Å²) in [5.41, 5.74) is 6.87. The van der Waals surface area contributed by atoms with Gasteiger partial charge < -0.3 is 14.4 Å². The fourth-order valence-electron chi connectivity index (χ4n) is 4.91. The van der Waals surface area contributed by atoms with Crippen LogP contribution in [0.15, 0.2) is 77.2 Å². The van der Waals surface area contributed by atoms with E-state index in [4.69, 9.17) is 9.40 Å². The molecule has 6 heteroatoms. The summed E-state index contributed by atoms with van der Waals surface area (Å²) in [6.07, 6.45) is 5.71. The molecule has 3 aromatic carbocycles. The van der Waals surface area contributed by atoms with E-state index in [1.807, 2.05) is 41.3 Å². The van der Waals surface area contributed by atoms with E-state index in [0.29, 0.717) is 31.3 Å². The van der Waals surface area contributed by atoms with Crippen LogP contribution in [0.2, 0.25) is 0 Å². The van der Waals surface area contributed by atoms with Crippen molar-refractivity contribution in [2.24, 2.45) is 5.92 Å². The lowest BCUT2D eigenvalue weighted by Gasteiger charge is -2.12. The first kappa shape index (κ1) is 21.4. The third kappa shape index (κ3) is 3.91. The van der Waals surface area contributed by atoms with Crippen molar-refractivity contribution < 1.29 is 18.7 Å². The number of benzene rings is 3. The number of carbonyl (C=O) groups is 1. The molecule has 0 bridgehead atoms. The third-order valence-corrected chi connectivity index (χ3v) is 6.82. The van der Waals surface area contributed by atoms with Gasteiger partial charge in [0.15, 0.2) is 5.76 Å². The van der Waals surface area contributed by atoms with Crippen LogP contribution in [-0.2, 0) is 11.2 Å². The molecule has 1 aromatic heterocycles. The molecule has 0 amide bonds. The fourth-order valence-corrected chi connectivity index (χ4v) is 4.91. The van der Waals surface area contributed by atoms with E-state index in [1.165, 1.54) is 17.7 Å². The molecule has 6 rings (SSSR count). The van der Waals surface area contributed by atoms with Crippen LogP contribution in [-0.4, -0.2) is 29.1 Å². The molecular weight excluding hydrogens is 443 g/mol. The summed E-state index contributed by atoms with van der Waals surface area (Å²) in [7, 11) is 0. The van der Waals surface area contributed by atoms with Crippen LogP contribution in [0.5, 0.6) is 0 Å². The molecule has 1 N–H and O–H groups in total. The maximum Gasteiger partial charge on any atom is 0.308 e. The van der Waals surface area contributed by atoms with Crippen molar-refractivity contribution in [2.75, 3.05) is 18.0 Å². The summed E-state index contributed by atoms with van der Waals surface area (Å²) >= 11 is 0. The lowest BCUT2D eigenvalue weighted by Crippen LogP contribution is -2.22. The van der Waals surface area contributed by atoms with Crippen LogP contribution in [0.4, 0.5) is 10.4 Å². The first-order valence-corrected chi connectivity index (χ1v) is 11.7. The Morgan fingerprint density at radius 2 is 1.71 bits per heavy atom. The Hall–Kier alpha value is -4.19. The maximum atomic E-state index is 13.3. The Morgan fingerprint density at radius 1 is 1.00 bits per heavy atom. The highest BCUT2D eigenvalue weighted by Gasteiger charge is 2.32. The minimum absolute atomic E-state index is 0.262. The quantitative estimate of drug-likeness (QED) is 0.374. The number of carboxylic acid groups (broad SMARTS) is 1. The molecular formula is C29H23FN2O3. The normalized spacial score (nSPS) is 16.6. The zero-order valence-electron chi connectivity index (χ0n) is 18.9. The van der Waals surface area contributed by atoms with Crippen molar-refractivity contribution in [3.63, 3.8) is 0 Å². The summed E-state index contributed by atoms with van der Waals surface area (Å²) in [5, 5.41) is 9.43. The second-order valence-corrected chi connectivity index (χ2v) is 9.01. The Labute approximate surface area is 202 Å². The van der Waals surface area contributed by atoms with E-state index in [-0.39, 0.29) is 5.82 Å². The maximum absolute atomic E-state index is 13.3. The topological polar surface area (TPSA) is 66.6 Å². The van der Waals surface area contributed by atoms with Crippen molar-refractivity contribution in [1.29, 1.82) is 0 Å². The number of hydrogen-bond acceptors (Lipinski definition) is 4. The Kier molecular flexibility index (Phi) is 5.21. The van der Waals surface area contributed by atoms with Gasteiger partial charge >= 0.3 is 5.97 Å².